The summed E-state index contributed by atoms with van der Waals surface area (Å²) in [6.45, 7) is 6.31. The third kappa shape index (κ3) is 3.42. The average molecular weight is 297 g/mol. The van der Waals surface area contributed by atoms with Crippen molar-refractivity contribution in [1.29, 1.82) is 0 Å². The van der Waals surface area contributed by atoms with E-state index in [2.05, 4.69) is 21.8 Å². The zero-order chi connectivity index (χ0) is 13.8. The number of thiophene rings is 1. The van der Waals surface area contributed by atoms with Gasteiger partial charge in [-0.3, -0.25) is 9.89 Å². The van der Waals surface area contributed by atoms with E-state index >= 15 is 0 Å². The van der Waals surface area contributed by atoms with Crippen molar-refractivity contribution in [3.8, 4) is 0 Å². The minimum absolute atomic E-state index is 0.169. The minimum Gasteiger partial charge on any atom is -0.327 e. The van der Waals surface area contributed by atoms with Crippen molar-refractivity contribution < 1.29 is 4.79 Å². The largest absolute Gasteiger partial charge is 0.327 e. The Balaban J connectivity index is 2.15. The molecule has 0 saturated heterocycles. The van der Waals surface area contributed by atoms with Crippen LogP contribution in [-0.4, -0.2) is 32.5 Å². The Labute approximate surface area is 119 Å². The molecule has 100 valence electrons. The van der Waals surface area contributed by atoms with Crippen molar-refractivity contribution in [2.24, 2.45) is 0 Å². The summed E-state index contributed by atoms with van der Waals surface area (Å²) in [7, 11) is 0. The second-order valence-electron chi connectivity index (χ2n) is 3.92. The van der Waals surface area contributed by atoms with Crippen LogP contribution in [0, 0.1) is 6.92 Å². The number of hydrogen-bond donors (Lipinski definition) is 1. The van der Waals surface area contributed by atoms with Crippen LogP contribution < -0.4 is 0 Å². The fourth-order valence-corrected chi connectivity index (χ4v) is 2.68. The van der Waals surface area contributed by atoms with Crippen molar-refractivity contribution >= 4 is 28.8 Å². The van der Waals surface area contributed by atoms with Crippen LogP contribution in [0.5, 0.6) is 0 Å². The van der Waals surface area contributed by atoms with Crippen molar-refractivity contribution in [2.45, 2.75) is 13.5 Å². The highest BCUT2D eigenvalue weighted by molar-refractivity contribution is 7.16. The molecule has 2 aromatic rings. The molecule has 2 heterocycles. The van der Waals surface area contributed by atoms with Gasteiger partial charge >= 0.3 is 0 Å². The minimum atomic E-state index is -0.228. The number of rotatable bonds is 5. The van der Waals surface area contributed by atoms with E-state index in [-0.39, 0.29) is 11.7 Å². The lowest BCUT2D eigenvalue weighted by Crippen LogP contribution is -2.31. The Morgan fingerprint density at radius 1 is 1.63 bits per heavy atom. The lowest BCUT2D eigenvalue weighted by molar-refractivity contribution is 0.0752. The zero-order valence-electron chi connectivity index (χ0n) is 10.4. The fourth-order valence-electron chi connectivity index (χ4n) is 1.58. The van der Waals surface area contributed by atoms with E-state index in [4.69, 9.17) is 11.6 Å². The molecule has 0 aliphatic carbocycles. The molecule has 0 saturated carbocycles. The van der Waals surface area contributed by atoms with Crippen molar-refractivity contribution in [3.05, 3.63) is 45.6 Å². The van der Waals surface area contributed by atoms with Crippen LogP contribution >= 0.6 is 22.9 Å². The summed E-state index contributed by atoms with van der Waals surface area (Å²) in [5.41, 5.74) is 0. The van der Waals surface area contributed by atoms with E-state index in [0.29, 0.717) is 23.3 Å². The number of halogens is 1. The maximum Gasteiger partial charge on any atom is 0.294 e. The van der Waals surface area contributed by atoms with Crippen molar-refractivity contribution in [1.82, 2.24) is 20.1 Å². The van der Waals surface area contributed by atoms with Gasteiger partial charge in [-0.15, -0.1) is 23.0 Å². The van der Waals surface area contributed by atoms with Gasteiger partial charge in [0.15, 0.2) is 0 Å². The van der Waals surface area contributed by atoms with Gasteiger partial charge in [0.25, 0.3) is 5.91 Å². The molecule has 0 aliphatic heterocycles. The van der Waals surface area contributed by atoms with E-state index in [1.807, 2.05) is 12.1 Å². The van der Waals surface area contributed by atoms with Gasteiger partial charge in [-0.1, -0.05) is 17.7 Å². The maximum absolute atomic E-state index is 12.3. The third-order valence-corrected chi connectivity index (χ3v) is 3.62. The molecule has 1 N–H and O–H groups in total. The lowest BCUT2D eigenvalue weighted by atomic mass is 10.3. The standard InChI is InChI=1S/C12H13ClN4OS/c1-3-6-17(7-9-4-5-10(13)19-9)12(18)11-14-8(2)15-16-11/h3-5H,1,6-7H2,2H3,(H,14,15,16). The first kappa shape index (κ1) is 13.8. The summed E-state index contributed by atoms with van der Waals surface area (Å²) in [4.78, 5) is 18.9. The van der Waals surface area contributed by atoms with E-state index in [1.54, 1.807) is 17.9 Å². The van der Waals surface area contributed by atoms with Gasteiger partial charge in [-0.05, 0) is 19.1 Å². The van der Waals surface area contributed by atoms with Crippen LogP contribution in [0.4, 0.5) is 0 Å². The SMILES string of the molecule is C=CCN(Cc1ccc(Cl)s1)C(=O)c1n[nH]c(C)n1. The van der Waals surface area contributed by atoms with E-state index in [1.165, 1.54) is 11.3 Å². The Hall–Kier alpha value is -1.66. The third-order valence-electron chi connectivity index (χ3n) is 2.40. The number of amides is 1. The van der Waals surface area contributed by atoms with Crippen LogP contribution in [-0.2, 0) is 6.54 Å². The normalized spacial score (nSPS) is 10.4. The molecular formula is C12H13ClN4OS. The summed E-state index contributed by atoms with van der Waals surface area (Å²) in [6.07, 6.45) is 1.67. The number of carbonyl (C=O) groups is 1. The summed E-state index contributed by atoms with van der Waals surface area (Å²) < 4.78 is 0.703. The smallest absolute Gasteiger partial charge is 0.294 e. The van der Waals surface area contributed by atoms with Gasteiger partial charge in [-0.2, -0.15) is 0 Å². The molecule has 2 aromatic heterocycles. The maximum atomic E-state index is 12.3. The predicted octanol–water partition coefficient (Wildman–Crippen LogP) is 2.66. The topological polar surface area (TPSA) is 61.9 Å². The highest BCUT2D eigenvalue weighted by atomic mass is 35.5. The van der Waals surface area contributed by atoms with Gasteiger partial charge < -0.3 is 4.90 Å². The lowest BCUT2D eigenvalue weighted by Gasteiger charge is -2.18. The molecule has 19 heavy (non-hydrogen) atoms. The van der Waals surface area contributed by atoms with Gasteiger partial charge in [-0.25, -0.2) is 4.98 Å². The Bertz CT molecular complexity index is 592. The fraction of sp³-hybridized carbons (Fsp3) is 0.250. The molecule has 0 aromatic carbocycles. The van der Waals surface area contributed by atoms with Crippen LogP contribution in [0.15, 0.2) is 24.8 Å². The first-order valence-electron chi connectivity index (χ1n) is 5.63. The quantitative estimate of drug-likeness (QED) is 0.863. The number of H-pyrrole nitrogens is 1. The van der Waals surface area contributed by atoms with Crippen LogP contribution in [0.1, 0.15) is 21.3 Å². The van der Waals surface area contributed by atoms with Gasteiger partial charge in [0.2, 0.25) is 5.82 Å². The highest BCUT2D eigenvalue weighted by Crippen LogP contribution is 2.23. The monoisotopic (exact) mass is 296 g/mol. The molecule has 7 heteroatoms. The van der Waals surface area contributed by atoms with Gasteiger partial charge in [0.1, 0.15) is 5.82 Å². The first-order chi connectivity index (χ1) is 9.10. The number of nitrogens with one attached hydrogen (secondary N) is 1. The number of carbonyl (C=O) groups excluding carboxylic acids is 1. The average Bonchev–Trinajstić information content (AvgIpc) is 2.97. The Morgan fingerprint density at radius 3 is 2.95 bits per heavy atom. The number of hydrogen-bond acceptors (Lipinski definition) is 4. The number of aromatic amines is 1. The zero-order valence-corrected chi connectivity index (χ0v) is 12.0. The molecule has 0 unspecified atom stereocenters. The Kier molecular flexibility index (Phi) is 4.34. The molecular weight excluding hydrogens is 284 g/mol. The van der Waals surface area contributed by atoms with Crippen molar-refractivity contribution in [3.63, 3.8) is 0 Å². The molecule has 0 bridgehead atoms. The molecule has 1 amide bonds. The second-order valence-corrected chi connectivity index (χ2v) is 5.72. The second kappa shape index (κ2) is 5.99. The summed E-state index contributed by atoms with van der Waals surface area (Å²) in [5, 5.41) is 6.54. The van der Waals surface area contributed by atoms with Crippen LogP contribution in [0.3, 0.4) is 0 Å². The van der Waals surface area contributed by atoms with E-state index in [0.717, 1.165) is 4.88 Å². The predicted molar refractivity (Wildman–Crippen MR) is 75.4 cm³/mol. The molecule has 5 nitrogen and oxygen atoms in total. The molecule has 0 radical (unpaired) electrons. The van der Waals surface area contributed by atoms with Crippen LogP contribution in [0.25, 0.3) is 0 Å². The van der Waals surface area contributed by atoms with Gasteiger partial charge in [0.05, 0.1) is 10.9 Å². The number of nitrogens with zero attached hydrogens (tertiary/aromatic N) is 3. The molecule has 0 atom stereocenters. The summed E-state index contributed by atoms with van der Waals surface area (Å²) in [5.74, 6) is 0.553. The summed E-state index contributed by atoms with van der Waals surface area (Å²) in [6, 6.07) is 3.72. The van der Waals surface area contributed by atoms with E-state index in [9.17, 15) is 4.79 Å². The van der Waals surface area contributed by atoms with E-state index < -0.39 is 0 Å². The van der Waals surface area contributed by atoms with Crippen LogP contribution in [0.2, 0.25) is 4.34 Å². The highest BCUT2D eigenvalue weighted by Gasteiger charge is 2.19. The van der Waals surface area contributed by atoms with Gasteiger partial charge in [0, 0.05) is 11.4 Å². The number of aryl methyl sites for hydroxylation is 1. The molecule has 0 spiro atoms. The molecule has 2 rings (SSSR count). The molecule has 0 fully saturated rings. The van der Waals surface area contributed by atoms with Crippen molar-refractivity contribution in [2.75, 3.05) is 6.54 Å². The molecule has 0 aliphatic rings. The first-order valence-corrected chi connectivity index (χ1v) is 6.83. The Morgan fingerprint density at radius 2 is 2.42 bits per heavy atom. The summed E-state index contributed by atoms with van der Waals surface area (Å²) >= 11 is 7.33. The number of aromatic nitrogens is 3.